The highest BCUT2D eigenvalue weighted by Crippen LogP contribution is 2.41. The van der Waals surface area contributed by atoms with Gasteiger partial charge in [0.1, 0.15) is 0 Å². The molecular formula is C58H40N2. The molecule has 0 bridgehead atoms. The zero-order valence-corrected chi connectivity index (χ0v) is 33.0. The van der Waals surface area contributed by atoms with Crippen LogP contribution in [0.2, 0.25) is 0 Å². The molecule has 0 saturated carbocycles. The minimum atomic E-state index is 1.09. The Balaban J connectivity index is 0.954. The topological polar surface area (TPSA) is 8.17 Å². The number of rotatable bonds is 8. The molecule has 0 aliphatic rings. The van der Waals surface area contributed by atoms with E-state index in [1.807, 2.05) is 0 Å². The van der Waals surface area contributed by atoms with Gasteiger partial charge in [0.15, 0.2) is 0 Å². The molecule has 2 heteroatoms. The number of nitrogens with zero attached hydrogens (tertiary/aromatic N) is 2. The molecule has 11 aromatic rings. The fraction of sp³-hybridized carbons (Fsp3) is 0. The molecule has 0 radical (unpaired) electrons. The van der Waals surface area contributed by atoms with Crippen molar-refractivity contribution in [3.63, 3.8) is 0 Å². The predicted molar refractivity (Wildman–Crippen MR) is 255 cm³/mol. The van der Waals surface area contributed by atoms with E-state index in [0.717, 1.165) is 22.7 Å². The molecule has 11 rings (SSSR count). The highest BCUT2D eigenvalue weighted by atomic mass is 15.1. The van der Waals surface area contributed by atoms with E-state index >= 15 is 0 Å². The Bertz CT molecular complexity index is 3270. The Kier molecular flexibility index (Phi) is 8.87. The summed E-state index contributed by atoms with van der Waals surface area (Å²) in [5.41, 5.74) is 16.4. The van der Waals surface area contributed by atoms with Crippen molar-refractivity contribution in [2.24, 2.45) is 0 Å². The lowest BCUT2D eigenvalue weighted by Gasteiger charge is -2.26. The van der Waals surface area contributed by atoms with Crippen molar-refractivity contribution < 1.29 is 0 Å². The fourth-order valence-corrected chi connectivity index (χ4v) is 8.84. The lowest BCUT2D eigenvalue weighted by atomic mass is 9.94. The third-order valence-corrected chi connectivity index (χ3v) is 11.8. The molecule has 0 aliphatic carbocycles. The van der Waals surface area contributed by atoms with Crippen molar-refractivity contribution in [2.75, 3.05) is 4.90 Å². The van der Waals surface area contributed by atoms with Gasteiger partial charge in [-0.1, -0.05) is 176 Å². The van der Waals surface area contributed by atoms with Gasteiger partial charge in [-0.15, -0.1) is 0 Å². The van der Waals surface area contributed by atoms with Gasteiger partial charge < -0.3 is 9.47 Å². The van der Waals surface area contributed by atoms with Crippen molar-refractivity contribution in [3.8, 4) is 50.2 Å². The molecule has 0 fully saturated rings. The zero-order chi connectivity index (χ0) is 39.8. The summed E-state index contributed by atoms with van der Waals surface area (Å²) < 4.78 is 2.40. The number of aromatic nitrogens is 1. The second kappa shape index (κ2) is 15.1. The molecule has 1 heterocycles. The van der Waals surface area contributed by atoms with Crippen molar-refractivity contribution in [1.29, 1.82) is 0 Å². The van der Waals surface area contributed by atoms with Crippen LogP contribution in [0.15, 0.2) is 243 Å². The molecule has 0 amide bonds. The van der Waals surface area contributed by atoms with Crippen LogP contribution < -0.4 is 4.90 Å². The molecular weight excluding hydrogens is 725 g/mol. The molecule has 0 unspecified atom stereocenters. The van der Waals surface area contributed by atoms with E-state index in [2.05, 4.69) is 252 Å². The first kappa shape index (κ1) is 35.2. The van der Waals surface area contributed by atoms with Crippen molar-refractivity contribution in [3.05, 3.63) is 243 Å². The number of anilines is 3. The summed E-state index contributed by atoms with van der Waals surface area (Å²) in [5.74, 6) is 0. The standard InChI is InChI=1S/C58H40N2/c1-3-14-41(15-4-1)43-26-32-49(33-27-43)59(52-21-13-20-46(38-52)42-16-5-2-6-17-42)50-34-28-44(29-35-50)53-22-9-10-23-54(53)45-30-36-51(37-31-45)60-57-25-12-11-24-55(57)56-39-47-18-7-8-19-48(47)40-58(56)60/h1-40H. The number of hydrogen-bond acceptors (Lipinski definition) is 1. The van der Waals surface area contributed by atoms with Gasteiger partial charge in [0.05, 0.1) is 11.0 Å². The van der Waals surface area contributed by atoms with E-state index in [1.165, 1.54) is 77.1 Å². The number of hydrogen-bond donors (Lipinski definition) is 0. The van der Waals surface area contributed by atoms with Gasteiger partial charge in [-0.25, -0.2) is 0 Å². The molecule has 0 saturated heterocycles. The molecule has 0 N–H and O–H groups in total. The largest absolute Gasteiger partial charge is 0.310 e. The Morgan fingerprint density at radius 2 is 0.750 bits per heavy atom. The zero-order valence-electron chi connectivity index (χ0n) is 33.0. The van der Waals surface area contributed by atoms with E-state index < -0.39 is 0 Å². The third-order valence-electron chi connectivity index (χ3n) is 11.8. The molecule has 0 spiro atoms. The maximum Gasteiger partial charge on any atom is 0.0547 e. The van der Waals surface area contributed by atoms with Crippen molar-refractivity contribution >= 4 is 49.6 Å². The first-order chi connectivity index (χ1) is 29.7. The third kappa shape index (κ3) is 6.41. The van der Waals surface area contributed by atoms with E-state index in [4.69, 9.17) is 0 Å². The molecule has 2 nitrogen and oxygen atoms in total. The average Bonchev–Trinajstić information content (AvgIpc) is 3.65. The van der Waals surface area contributed by atoms with Crippen LogP contribution in [0.3, 0.4) is 0 Å². The summed E-state index contributed by atoms with van der Waals surface area (Å²) in [6.07, 6.45) is 0. The van der Waals surface area contributed by atoms with Gasteiger partial charge >= 0.3 is 0 Å². The summed E-state index contributed by atoms with van der Waals surface area (Å²) in [4.78, 5) is 2.35. The normalized spacial score (nSPS) is 11.3. The lowest BCUT2D eigenvalue weighted by molar-refractivity contribution is 1.18. The molecule has 10 aromatic carbocycles. The maximum atomic E-state index is 2.40. The lowest BCUT2D eigenvalue weighted by Crippen LogP contribution is -2.10. The van der Waals surface area contributed by atoms with E-state index in [1.54, 1.807) is 0 Å². The summed E-state index contributed by atoms with van der Waals surface area (Å²) in [7, 11) is 0. The molecule has 0 atom stereocenters. The number of para-hydroxylation sites is 1. The number of fused-ring (bicyclic) bond motifs is 4. The molecule has 282 valence electrons. The van der Waals surface area contributed by atoms with Gasteiger partial charge in [-0.05, 0) is 122 Å². The van der Waals surface area contributed by atoms with Crippen LogP contribution in [-0.4, -0.2) is 4.57 Å². The first-order valence-corrected chi connectivity index (χ1v) is 20.6. The molecule has 1 aromatic heterocycles. The second-order valence-electron chi connectivity index (χ2n) is 15.4. The number of benzene rings is 10. The molecule has 60 heavy (non-hydrogen) atoms. The van der Waals surface area contributed by atoms with Crippen LogP contribution in [0.5, 0.6) is 0 Å². The van der Waals surface area contributed by atoms with E-state index in [-0.39, 0.29) is 0 Å². The Labute approximate surface area is 350 Å². The SMILES string of the molecule is c1ccc(-c2ccc(N(c3ccc(-c4ccccc4-c4ccc(-n5c6ccccc6c6cc7ccccc7cc65)cc4)cc3)c3cccc(-c4ccccc4)c3)cc2)cc1. The maximum absolute atomic E-state index is 2.40. The monoisotopic (exact) mass is 764 g/mol. The molecule has 0 aliphatic heterocycles. The quantitative estimate of drug-likeness (QED) is 0.150. The van der Waals surface area contributed by atoms with Gasteiger partial charge in [-0.2, -0.15) is 0 Å². The Morgan fingerprint density at radius 1 is 0.267 bits per heavy atom. The van der Waals surface area contributed by atoms with Gasteiger partial charge in [0.25, 0.3) is 0 Å². The summed E-state index contributed by atoms with van der Waals surface area (Å²) in [6.45, 7) is 0. The minimum Gasteiger partial charge on any atom is -0.310 e. The van der Waals surface area contributed by atoms with Crippen LogP contribution in [-0.2, 0) is 0 Å². The van der Waals surface area contributed by atoms with Crippen LogP contribution in [0.4, 0.5) is 17.1 Å². The first-order valence-electron chi connectivity index (χ1n) is 20.6. The van der Waals surface area contributed by atoms with Gasteiger partial charge in [0.2, 0.25) is 0 Å². The fourth-order valence-electron chi connectivity index (χ4n) is 8.84. The van der Waals surface area contributed by atoms with Gasteiger partial charge in [0, 0.05) is 33.5 Å². The summed E-state index contributed by atoms with van der Waals surface area (Å²) >= 11 is 0. The minimum absolute atomic E-state index is 1.09. The van der Waals surface area contributed by atoms with Crippen LogP contribution >= 0.6 is 0 Å². The predicted octanol–water partition coefficient (Wildman–Crippen LogP) is 16.1. The van der Waals surface area contributed by atoms with Crippen LogP contribution in [0.25, 0.3) is 82.8 Å². The Morgan fingerprint density at radius 3 is 1.40 bits per heavy atom. The second-order valence-corrected chi connectivity index (χ2v) is 15.4. The van der Waals surface area contributed by atoms with Crippen LogP contribution in [0, 0.1) is 0 Å². The van der Waals surface area contributed by atoms with Crippen molar-refractivity contribution in [2.45, 2.75) is 0 Å². The Hall–Kier alpha value is -7.94. The highest BCUT2D eigenvalue weighted by molar-refractivity contribution is 6.13. The van der Waals surface area contributed by atoms with Crippen LogP contribution in [0.1, 0.15) is 0 Å². The smallest absolute Gasteiger partial charge is 0.0547 e. The summed E-state index contributed by atoms with van der Waals surface area (Å²) in [6, 6.07) is 87.8. The van der Waals surface area contributed by atoms with Gasteiger partial charge in [-0.3, -0.25) is 0 Å². The van der Waals surface area contributed by atoms with E-state index in [9.17, 15) is 0 Å². The summed E-state index contributed by atoms with van der Waals surface area (Å²) in [5, 5.41) is 5.04. The van der Waals surface area contributed by atoms with Crippen molar-refractivity contribution in [1.82, 2.24) is 4.57 Å². The highest BCUT2D eigenvalue weighted by Gasteiger charge is 2.17. The van der Waals surface area contributed by atoms with E-state index in [0.29, 0.717) is 0 Å². The average molecular weight is 765 g/mol.